The molecule has 0 saturated heterocycles. The number of carbonyl (C=O) groups is 1. The van der Waals surface area contributed by atoms with Crippen molar-refractivity contribution in [3.8, 4) is 0 Å². The molecule has 0 bridgehead atoms. The van der Waals surface area contributed by atoms with E-state index in [9.17, 15) is 4.79 Å². The summed E-state index contributed by atoms with van der Waals surface area (Å²) >= 11 is 0. The minimum Gasteiger partial charge on any atom is -0.478 e. The van der Waals surface area contributed by atoms with E-state index in [1.165, 1.54) is 5.56 Å². The molecule has 0 spiro atoms. The second-order valence-electron chi connectivity index (χ2n) is 4.35. The van der Waals surface area contributed by atoms with Gasteiger partial charge in [-0.2, -0.15) is 0 Å². The molecule has 2 heterocycles. The third-order valence-electron chi connectivity index (χ3n) is 3.18. The van der Waals surface area contributed by atoms with Gasteiger partial charge in [-0.15, -0.1) is 0 Å². The Bertz CT molecular complexity index is 559. The first-order valence-electron chi connectivity index (χ1n) is 5.88. The summed E-state index contributed by atoms with van der Waals surface area (Å²) in [5, 5.41) is 9.07. The molecule has 94 valence electrons. The normalized spacial score (nSPS) is 10.6. The van der Waals surface area contributed by atoms with Gasteiger partial charge in [0.05, 0.1) is 5.56 Å². The summed E-state index contributed by atoms with van der Waals surface area (Å²) < 4.78 is 2.05. The molecule has 0 saturated carbocycles. The molecule has 0 amide bonds. The molecule has 0 aromatic carbocycles. The Balaban J connectivity index is 2.17. The molecule has 4 heteroatoms. The Morgan fingerprint density at radius 1 is 1.33 bits per heavy atom. The molecule has 2 aromatic rings. The van der Waals surface area contributed by atoms with Crippen LogP contribution in [0.25, 0.3) is 0 Å². The van der Waals surface area contributed by atoms with Gasteiger partial charge in [-0.25, -0.2) is 4.79 Å². The molecule has 18 heavy (non-hydrogen) atoms. The van der Waals surface area contributed by atoms with Crippen molar-refractivity contribution in [3.63, 3.8) is 0 Å². The Labute approximate surface area is 106 Å². The maximum Gasteiger partial charge on any atom is 0.337 e. The summed E-state index contributed by atoms with van der Waals surface area (Å²) in [4.78, 5) is 15.0. The average Bonchev–Trinajstić information content (AvgIpc) is 2.64. The van der Waals surface area contributed by atoms with Crippen LogP contribution in [0.2, 0.25) is 0 Å². The van der Waals surface area contributed by atoms with Crippen LogP contribution < -0.4 is 0 Å². The van der Waals surface area contributed by atoms with E-state index in [0.717, 1.165) is 24.4 Å². The molecule has 0 radical (unpaired) electrons. The van der Waals surface area contributed by atoms with Gasteiger partial charge in [0, 0.05) is 30.3 Å². The predicted molar refractivity (Wildman–Crippen MR) is 68.8 cm³/mol. The zero-order chi connectivity index (χ0) is 13.1. The zero-order valence-corrected chi connectivity index (χ0v) is 10.6. The molecular weight excluding hydrogens is 228 g/mol. The number of hydrogen-bond donors (Lipinski definition) is 1. The topological polar surface area (TPSA) is 55.1 Å². The van der Waals surface area contributed by atoms with Crippen LogP contribution in [-0.4, -0.2) is 20.6 Å². The van der Waals surface area contributed by atoms with Gasteiger partial charge in [0.2, 0.25) is 0 Å². The first-order valence-corrected chi connectivity index (χ1v) is 5.88. The molecule has 0 aliphatic heterocycles. The van der Waals surface area contributed by atoms with Crippen molar-refractivity contribution < 1.29 is 9.90 Å². The number of carboxylic acid groups (broad SMARTS) is 1. The van der Waals surface area contributed by atoms with E-state index in [0.29, 0.717) is 5.56 Å². The van der Waals surface area contributed by atoms with Gasteiger partial charge >= 0.3 is 5.97 Å². The maximum absolute atomic E-state index is 11.0. The summed E-state index contributed by atoms with van der Waals surface area (Å²) in [5.41, 5.74) is 3.39. The third kappa shape index (κ3) is 2.42. The Morgan fingerprint density at radius 2 is 2.00 bits per heavy atom. The first kappa shape index (κ1) is 12.4. The van der Waals surface area contributed by atoms with E-state index < -0.39 is 5.97 Å². The predicted octanol–water partition coefficient (Wildman–Crippen LogP) is 2.44. The molecule has 0 aliphatic carbocycles. The van der Waals surface area contributed by atoms with Crippen LogP contribution in [0.1, 0.15) is 27.3 Å². The van der Waals surface area contributed by atoms with E-state index in [1.54, 1.807) is 18.5 Å². The highest BCUT2D eigenvalue weighted by Gasteiger charge is 2.14. The van der Waals surface area contributed by atoms with E-state index in [1.807, 2.05) is 30.5 Å². The first-order chi connectivity index (χ1) is 8.59. The van der Waals surface area contributed by atoms with Crippen LogP contribution in [0.4, 0.5) is 0 Å². The average molecular weight is 244 g/mol. The number of aromatic nitrogens is 2. The lowest BCUT2D eigenvalue weighted by molar-refractivity contribution is 0.0696. The van der Waals surface area contributed by atoms with Crippen molar-refractivity contribution >= 4 is 5.97 Å². The highest BCUT2D eigenvalue weighted by atomic mass is 16.4. The number of pyridine rings is 1. The van der Waals surface area contributed by atoms with Gasteiger partial charge in [0.1, 0.15) is 0 Å². The van der Waals surface area contributed by atoms with Crippen LogP contribution in [0, 0.1) is 13.8 Å². The fourth-order valence-electron chi connectivity index (χ4n) is 2.15. The summed E-state index contributed by atoms with van der Waals surface area (Å²) in [6.07, 6.45) is 4.42. The fourth-order valence-corrected chi connectivity index (χ4v) is 2.15. The van der Waals surface area contributed by atoms with Gasteiger partial charge in [-0.3, -0.25) is 4.98 Å². The van der Waals surface area contributed by atoms with E-state index in [-0.39, 0.29) is 0 Å². The molecule has 1 N–H and O–H groups in total. The smallest absolute Gasteiger partial charge is 0.337 e. The number of rotatable bonds is 4. The minimum absolute atomic E-state index is 0.391. The van der Waals surface area contributed by atoms with Crippen LogP contribution >= 0.6 is 0 Å². The van der Waals surface area contributed by atoms with Crippen molar-refractivity contribution in [2.45, 2.75) is 26.8 Å². The molecule has 0 atom stereocenters. The monoisotopic (exact) mass is 244 g/mol. The summed E-state index contributed by atoms with van der Waals surface area (Å²) in [6.45, 7) is 4.57. The van der Waals surface area contributed by atoms with Gasteiger partial charge in [0.25, 0.3) is 0 Å². The molecule has 4 nitrogen and oxygen atoms in total. The molecule has 0 fully saturated rings. The summed E-state index contributed by atoms with van der Waals surface area (Å²) in [7, 11) is 0. The van der Waals surface area contributed by atoms with Crippen LogP contribution in [0.15, 0.2) is 30.6 Å². The number of carboxylic acids is 1. The molecule has 0 aliphatic rings. The second-order valence-corrected chi connectivity index (χ2v) is 4.35. The second kappa shape index (κ2) is 5.04. The van der Waals surface area contributed by atoms with Gasteiger partial charge in [-0.1, -0.05) is 0 Å². The van der Waals surface area contributed by atoms with Crippen LogP contribution in [0.5, 0.6) is 0 Å². The van der Waals surface area contributed by atoms with Gasteiger partial charge < -0.3 is 9.67 Å². The largest absolute Gasteiger partial charge is 0.478 e. The molecule has 2 aromatic heterocycles. The highest BCUT2D eigenvalue weighted by molar-refractivity contribution is 5.89. The van der Waals surface area contributed by atoms with Crippen LogP contribution in [0.3, 0.4) is 0 Å². The quantitative estimate of drug-likeness (QED) is 0.898. The number of aromatic carboxylic acids is 1. The Hall–Kier alpha value is -2.10. The van der Waals surface area contributed by atoms with Crippen LogP contribution in [-0.2, 0) is 13.0 Å². The molecule has 0 unspecified atom stereocenters. The Kier molecular flexibility index (Phi) is 3.46. The summed E-state index contributed by atoms with van der Waals surface area (Å²) in [6, 6.07) is 5.68. The molecular formula is C14H16N2O2. The van der Waals surface area contributed by atoms with Crippen molar-refractivity contribution in [2.24, 2.45) is 0 Å². The Morgan fingerprint density at radius 3 is 2.56 bits per heavy atom. The lowest BCUT2D eigenvalue weighted by Crippen LogP contribution is -2.07. The van der Waals surface area contributed by atoms with Gasteiger partial charge in [-0.05, 0) is 44.0 Å². The third-order valence-corrected chi connectivity index (χ3v) is 3.18. The lowest BCUT2D eigenvalue weighted by atomic mass is 10.2. The van der Waals surface area contributed by atoms with Crippen molar-refractivity contribution in [2.75, 3.05) is 0 Å². The molecule has 2 rings (SSSR count). The minimum atomic E-state index is -0.863. The zero-order valence-electron chi connectivity index (χ0n) is 10.6. The van der Waals surface area contributed by atoms with E-state index in [2.05, 4.69) is 4.98 Å². The summed E-state index contributed by atoms with van der Waals surface area (Å²) in [5.74, 6) is -0.863. The number of nitrogens with zero attached hydrogens (tertiary/aromatic N) is 2. The highest BCUT2D eigenvalue weighted by Crippen LogP contribution is 2.15. The van der Waals surface area contributed by atoms with Crippen molar-refractivity contribution in [3.05, 3.63) is 53.1 Å². The van der Waals surface area contributed by atoms with Gasteiger partial charge in [0.15, 0.2) is 0 Å². The maximum atomic E-state index is 11.0. The number of hydrogen-bond acceptors (Lipinski definition) is 2. The van der Waals surface area contributed by atoms with Crippen molar-refractivity contribution in [1.82, 2.24) is 9.55 Å². The van der Waals surface area contributed by atoms with Crippen molar-refractivity contribution in [1.29, 1.82) is 0 Å². The fraction of sp³-hybridized carbons (Fsp3) is 0.286. The SMILES string of the molecule is Cc1cc(C(=O)O)c(C)n1CCc1ccncc1. The standard InChI is InChI=1S/C14H16N2O2/c1-10-9-13(14(17)18)11(2)16(10)8-5-12-3-6-15-7-4-12/h3-4,6-7,9H,5,8H2,1-2H3,(H,17,18). The number of aryl methyl sites for hydroxylation is 2. The lowest BCUT2D eigenvalue weighted by Gasteiger charge is -2.09. The van der Waals surface area contributed by atoms with E-state index in [4.69, 9.17) is 5.11 Å². The van der Waals surface area contributed by atoms with E-state index >= 15 is 0 Å².